The third-order valence-corrected chi connectivity index (χ3v) is 6.66. The predicted molar refractivity (Wildman–Crippen MR) is 84.0 cm³/mol. The molecular formula is C14H9FN2O2S3. The topological polar surface area (TPSA) is 62.0 Å². The number of imide groups is 1. The summed E-state index contributed by atoms with van der Waals surface area (Å²) in [5.41, 5.74) is 0.813. The Kier molecular flexibility index (Phi) is 3.21. The Labute approximate surface area is 138 Å². The summed E-state index contributed by atoms with van der Waals surface area (Å²) in [6.07, 6.45) is 0. The first-order valence-electron chi connectivity index (χ1n) is 6.54. The van der Waals surface area contributed by atoms with Crippen LogP contribution < -0.4 is 5.32 Å². The van der Waals surface area contributed by atoms with Crippen LogP contribution in [0.1, 0.15) is 16.4 Å². The summed E-state index contributed by atoms with van der Waals surface area (Å²) in [5.74, 6) is -1.66. The van der Waals surface area contributed by atoms with Crippen LogP contribution >= 0.6 is 35.3 Å². The number of thioether (sulfide) groups is 1. The highest BCUT2D eigenvalue weighted by Gasteiger charge is 2.51. The molecule has 0 bridgehead atoms. The minimum atomic E-state index is -0.489. The highest BCUT2D eigenvalue weighted by molar-refractivity contribution is 8.00. The fourth-order valence-electron chi connectivity index (χ4n) is 2.97. The number of aromatic nitrogens is 1. The molecule has 8 heteroatoms. The molecule has 2 aliphatic rings. The van der Waals surface area contributed by atoms with E-state index in [9.17, 15) is 14.0 Å². The fraction of sp³-hybridized carbons (Fsp3) is 0.214. The molecule has 3 unspecified atom stereocenters. The second kappa shape index (κ2) is 5.00. The van der Waals surface area contributed by atoms with Gasteiger partial charge in [-0.05, 0) is 29.9 Å². The minimum Gasteiger partial charge on any atom is -0.332 e. The molecule has 0 spiro atoms. The molecule has 2 aromatic rings. The van der Waals surface area contributed by atoms with Crippen molar-refractivity contribution in [1.29, 1.82) is 0 Å². The van der Waals surface area contributed by atoms with E-state index < -0.39 is 11.2 Å². The zero-order valence-electron chi connectivity index (χ0n) is 11.0. The molecule has 2 N–H and O–H groups in total. The predicted octanol–water partition coefficient (Wildman–Crippen LogP) is 2.82. The van der Waals surface area contributed by atoms with Crippen LogP contribution in [-0.2, 0) is 9.59 Å². The molecule has 3 atom stereocenters. The summed E-state index contributed by atoms with van der Waals surface area (Å²) in [6, 6.07) is 6.06. The highest BCUT2D eigenvalue weighted by Crippen LogP contribution is 2.51. The van der Waals surface area contributed by atoms with Crippen molar-refractivity contribution in [3.8, 4) is 0 Å². The van der Waals surface area contributed by atoms with E-state index in [2.05, 4.69) is 10.3 Å². The number of rotatable bonds is 1. The lowest BCUT2D eigenvalue weighted by Gasteiger charge is -2.29. The Morgan fingerprint density at radius 1 is 1.14 bits per heavy atom. The molecule has 2 amide bonds. The Morgan fingerprint density at radius 2 is 1.86 bits per heavy atom. The molecule has 0 saturated carbocycles. The summed E-state index contributed by atoms with van der Waals surface area (Å²) in [6.45, 7) is 0. The molecule has 22 heavy (non-hydrogen) atoms. The number of carbonyl (C=O) groups excluding carboxylic acids is 2. The molecule has 2 aliphatic heterocycles. The van der Waals surface area contributed by atoms with Crippen LogP contribution in [0.2, 0.25) is 0 Å². The van der Waals surface area contributed by atoms with Crippen molar-refractivity contribution in [2.75, 3.05) is 0 Å². The van der Waals surface area contributed by atoms with E-state index in [-0.39, 0.29) is 23.5 Å². The van der Waals surface area contributed by atoms with Crippen molar-refractivity contribution in [2.24, 2.45) is 5.92 Å². The largest absolute Gasteiger partial charge is 0.332 e. The van der Waals surface area contributed by atoms with Crippen molar-refractivity contribution >= 4 is 47.1 Å². The van der Waals surface area contributed by atoms with Gasteiger partial charge in [0.1, 0.15) is 11.1 Å². The molecule has 1 aromatic heterocycles. The van der Waals surface area contributed by atoms with Gasteiger partial charge in [-0.3, -0.25) is 14.9 Å². The van der Waals surface area contributed by atoms with E-state index in [0.29, 0.717) is 3.95 Å². The van der Waals surface area contributed by atoms with Crippen LogP contribution in [-0.4, -0.2) is 22.0 Å². The van der Waals surface area contributed by atoms with Gasteiger partial charge in [0.05, 0.1) is 10.9 Å². The summed E-state index contributed by atoms with van der Waals surface area (Å²) in [7, 11) is 0. The number of amides is 2. The summed E-state index contributed by atoms with van der Waals surface area (Å²) in [4.78, 5) is 28.3. The molecular weight excluding hydrogens is 343 g/mol. The standard InChI is InChI=1S/C14H9FN2O2S3/c15-6-3-1-5(2-4-6)7-8-9(12(19)16-11(8)18)21-13-10(7)22-14(20)17-13/h1-4,7-9H,(H,17,20)(H,16,18,19). The molecule has 4 rings (SSSR count). The number of aromatic amines is 1. The zero-order chi connectivity index (χ0) is 15.4. The van der Waals surface area contributed by atoms with Crippen LogP contribution in [0, 0.1) is 15.7 Å². The average Bonchev–Trinajstić information content (AvgIpc) is 2.98. The lowest BCUT2D eigenvalue weighted by atomic mass is 9.83. The van der Waals surface area contributed by atoms with Crippen molar-refractivity contribution in [1.82, 2.24) is 10.3 Å². The number of thiazole rings is 1. The third-order valence-electron chi connectivity index (χ3n) is 3.89. The van der Waals surface area contributed by atoms with Gasteiger partial charge in [-0.15, -0.1) is 11.3 Å². The van der Waals surface area contributed by atoms with E-state index in [1.807, 2.05) is 0 Å². The van der Waals surface area contributed by atoms with Gasteiger partial charge in [0.15, 0.2) is 3.95 Å². The average molecular weight is 352 g/mol. The monoisotopic (exact) mass is 352 g/mol. The van der Waals surface area contributed by atoms with Crippen molar-refractivity contribution in [3.05, 3.63) is 44.5 Å². The van der Waals surface area contributed by atoms with Crippen LogP contribution in [0.25, 0.3) is 0 Å². The summed E-state index contributed by atoms with van der Waals surface area (Å²) >= 11 is 7.95. The number of benzene rings is 1. The van der Waals surface area contributed by atoms with E-state index in [4.69, 9.17) is 12.2 Å². The normalized spacial score (nSPS) is 26.5. The van der Waals surface area contributed by atoms with Crippen LogP contribution in [0.3, 0.4) is 0 Å². The Balaban J connectivity index is 1.91. The minimum absolute atomic E-state index is 0.275. The maximum atomic E-state index is 13.2. The fourth-order valence-corrected chi connectivity index (χ4v) is 5.89. The summed E-state index contributed by atoms with van der Waals surface area (Å²) < 4.78 is 13.8. The Morgan fingerprint density at radius 3 is 2.59 bits per heavy atom. The van der Waals surface area contributed by atoms with Crippen molar-refractivity contribution < 1.29 is 14.0 Å². The van der Waals surface area contributed by atoms with Gasteiger partial charge in [0.2, 0.25) is 11.8 Å². The maximum absolute atomic E-state index is 13.2. The zero-order valence-corrected chi connectivity index (χ0v) is 13.4. The van der Waals surface area contributed by atoms with Crippen molar-refractivity contribution in [3.63, 3.8) is 0 Å². The van der Waals surface area contributed by atoms with Gasteiger partial charge < -0.3 is 4.98 Å². The van der Waals surface area contributed by atoms with E-state index in [1.54, 1.807) is 12.1 Å². The molecule has 0 radical (unpaired) electrons. The number of H-pyrrole nitrogens is 1. The molecule has 1 saturated heterocycles. The van der Waals surface area contributed by atoms with Crippen molar-refractivity contribution in [2.45, 2.75) is 16.2 Å². The number of nitrogens with one attached hydrogen (secondary N) is 2. The lowest BCUT2D eigenvalue weighted by molar-refractivity contribution is -0.125. The number of halogens is 1. The third kappa shape index (κ3) is 2.05. The summed E-state index contributed by atoms with van der Waals surface area (Å²) in [5, 5.41) is 2.75. The number of hydrogen-bond donors (Lipinski definition) is 2. The van der Waals surface area contributed by atoms with Gasteiger partial charge in [-0.25, -0.2) is 4.39 Å². The van der Waals surface area contributed by atoms with Gasteiger partial charge in [0, 0.05) is 10.8 Å². The lowest BCUT2D eigenvalue weighted by Crippen LogP contribution is -2.31. The van der Waals surface area contributed by atoms with Gasteiger partial charge in [0.25, 0.3) is 0 Å². The van der Waals surface area contributed by atoms with Crippen LogP contribution in [0.5, 0.6) is 0 Å². The van der Waals surface area contributed by atoms with Crippen LogP contribution in [0.15, 0.2) is 29.3 Å². The Bertz CT molecular complexity index is 843. The van der Waals surface area contributed by atoms with E-state index >= 15 is 0 Å². The first-order chi connectivity index (χ1) is 10.5. The van der Waals surface area contributed by atoms with E-state index in [0.717, 1.165) is 15.5 Å². The van der Waals surface area contributed by atoms with Gasteiger partial charge >= 0.3 is 0 Å². The molecule has 0 aliphatic carbocycles. The second-order valence-corrected chi connectivity index (χ2v) is 8.03. The van der Waals surface area contributed by atoms with Gasteiger partial charge in [-0.1, -0.05) is 23.9 Å². The quantitative estimate of drug-likeness (QED) is 0.612. The molecule has 4 nitrogen and oxygen atoms in total. The van der Waals surface area contributed by atoms with E-state index in [1.165, 1.54) is 35.2 Å². The number of carbonyl (C=O) groups is 2. The smallest absolute Gasteiger partial charge is 0.240 e. The first-order valence-corrected chi connectivity index (χ1v) is 8.65. The number of hydrogen-bond acceptors (Lipinski definition) is 5. The first kappa shape index (κ1) is 14.1. The maximum Gasteiger partial charge on any atom is 0.240 e. The second-order valence-electron chi connectivity index (χ2n) is 5.15. The molecule has 1 aromatic carbocycles. The number of fused-ring (bicyclic) bond motifs is 2. The molecule has 3 heterocycles. The highest BCUT2D eigenvalue weighted by atomic mass is 32.2. The molecule has 112 valence electrons. The Hall–Kier alpha value is -1.51. The molecule has 1 fully saturated rings. The van der Waals surface area contributed by atoms with Gasteiger partial charge in [-0.2, -0.15) is 0 Å². The SMILES string of the molecule is O=C1NC(=O)C2C1Sc1[nH]c(=S)sc1C2c1ccc(F)cc1. The van der Waals surface area contributed by atoms with Crippen LogP contribution in [0.4, 0.5) is 4.39 Å².